The standard InChI is InChI=1S/C20H22F2N6/c1-23-15-4-2-13(3-5-15)16-10-17-18(26-9-8-25-17)19(28-16)27-12-14-11-24-7-6-20(14,21)22/h2-5,8-10,14,23-24H,6-7,11-12H2,1H3,(H,27,28). The Kier molecular flexibility index (Phi) is 5.04. The molecule has 0 amide bonds. The third-order valence-corrected chi connectivity index (χ3v) is 5.06. The summed E-state index contributed by atoms with van der Waals surface area (Å²) in [6.07, 6.45) is 3.04. The van der Waals surface area contributed by atoms with Crippen molar-refractivity contribution < 1.29 is 8.78 Å². The highest BCUT2D eigenvalue weighted by atomic mass is 19.3. The van der Waals surface area contributed by atoms with Gasteiger partial charge in [0.2, 0.25) is 0 Å². The van der Waals surface area contributed by atoms with Crippen molar-refractivity contribution >= 4 is 22.5 Å². The van der Waals surface area contributed by atoms with Gasteiger partial charge in [0.15, 0.2) is 5.82 Å². The van der Waals surface area contributed by atoms with Crippen LogP contribution in [0.25, 0.3) is 22.3 Å². The second kappa shape index (κ2) is 7.63. The van der Waals surface area contributed by atoms with E-state index in [1.165, 1.54) is 0 Å². The van der Waals surface area contributed by atoms with Gasteiger partial charge in [0, 0.05) is 56.7 Å². The van der Waals surface area contributed by atoms with E-state index in [-0.39, 0.29) is 19.5 Å². The van der Waals surface area contributed by atoms with Crippen LogP contribution in [-0.2, 0) is 0 Å². The van der Waals surface area contributed by atoms with E-state index in [1.54, 1.807) is 12.4 Å². The van der Waals surface area contributed by atoms with Crippen LogP contribution in [0.4, 0.5) is 20.3 Å². The van der Waals surface area contributed by atoms with Gasteiger partial charge in [0.1, 0.15) is 5.52 Å². The number of hydrogen-bond donors (Lipinski definition) is 3. The summed E-state index contributed by atoms with van der Waals surface area (Å²) in [6.45, 7) is 0.726. The molecule has 4 rings (SSSR count). The van der Waals surface area contributed by atoms with Crippen LogP contribution in [0.1, 0.15) is 6.42 Å². The monoisotopic (exact) mass is 384 g/mol. The number of nitrogens with zero attached hydrogens (tertiary/aromatic N) is 3. The SMILES string of the molecule is CNc1ccc(-c2cc3nccnc3c(NCC3CNCCC3(F)F)n2)cc1. The van der Waals surface area contributed by atoms with Crippen LogP contribution in [0.15, 0.2) is 42.7 Å². The molecule has 0 bridgehead atoms. The summed E-state index contributed by atoms with van der Waals surface area (Å²) in [5.74, 6) is -3.02. The number of hydrogen-bond acceptors (Lipinski definition) is 6. The van der Waals surface area contributed by atoms with E-state index in [4.69, 9.17) is 0 Å². The highest BCUT2D eigenvalue weighted by molar-refractivity contribution is 5.88. The molecule has 1 aromatic carbocycles. The van der Waals surface area contributed by atoms with Crippen molar-refractivity contribution in [3.05, 3.63) is 42.7 Å². The van der Waals surface area contributed by atoms with Crippen molar-refractivity contribution in [1.82, 2.24) is 20.3 Å². The fraction of sp³-hybridized carbons (Fsp3) is 0.350. The molecule has 3 aromatic rings. The van der Waals surface area contributed by atoms with Crippen molar-refractivity contribution in [2.75, 3.05) is 37.3 Å². The third-order valence-electron chi connectivity index (χ3n) is 5.06. The number of halogens is 2. The first kappa shape index (κ1) is 18.5. The Labute approximate surface area is 161 Å². The molecule has 28 heavy (non-hydrogen) atoms. The Hall–Kier alpha value is -2.87. The van der Waals surface area contributed by atoms with E-state index >= 15 is 0 Å². The molecule has 1 atom stereocenters. The van der Waals surface area contributed by atoms with Gasteiger partial charge in [-0.05, 0) is 18.2 Å². The maximum atomic E-state index is 14.2. The molecule has 1 fully saturated rings. The molecular weight excluding hydrogens is 362 g/mol. The average molecular weight is 384 g/mol. The van der Waals surface area contributed by atoms with E-state index in [9.17, 15) is 8.78 Å². The lowest BCUT2D eigenvalue weighted by Gasteiger charge is -2.32. The van der Waals surface area contributed by atoms with Gasteiger partial charge in [-0.3, -0.25) is 4.98 Å². The summed E-state index contributed by atoms with van der Waals surface area (Å²) >= 11 is 0. The molecule has 1 unspecified atom stereocenters. The molecule has 146 valence electrons. The summed E-state index contributed by atoms with van der Waals surface area (Å²) in [7, 11) is 1.86. The molecule has 0 radical (unpaired) electrons. The predicted octanol–water partition coefficient (Wildman–Crippen LogP) is 3.39. The van der Waals surface area contributed by atoms with Crippen LogP contribution in [-0.4, -0.2) is 47.6 Å². The van der Waals surface area contributed by atoms with Gasteiger partial charge in [-0.25, -0.2) is 18.7 Å². The Morgan fingerprint density at radius 3 is 2.71 bits per heavy atom. The Morgan fingerprint density at radius 1 is 1.18 bits per heavy atom. The third kappa shape index (κ3) is 3.73. The van der Waals surface area contributed by atoms with Crippen LogP contribution in [0.2, 0.25) is 0 Å². The molecule has 0 spiro atoms. The molecule has 3 N–H and O–H groups in total. The van der Waals surface area contributed by atoms with Crippen LogP contribution in [0.3, 0.4) is 0 Å². The zero-order valence-corrected chi connectivity index (χ0v) is 15.5. The van der Waals surface area contributed by atoms with Gasteiger partial charge < -0.3 is 16.0 Å². The van der Waals surface area contributed by atoms with E-state index in [2.05, 4.69) is 30.9 Å². The second-order valence-electron chi connectivity index (χ2n) is 6.90. The number of aromatic nitrogens is 3. The molecule has 6 nitrogen and oxygen atoms in total. The normalized spacial score (nSPS) is 18.8. The first-order chi connectivity index (χ1) is 13.6. The summed E-state index contributed by atoms with van der Waals surface area (Å²) in [4.78, 5) is 13.4. The summed E-state index contributed by atoms with van der Waals surface area (Å²) in [6, 6.07) is 9.69. The van der Waals surface area contributed by atoms with Gasteiger partial charge in [-0.1, -0.05) is 12.1 Å². The van der Waals surface area contributed by atoms with Gasteiger partial charge >= 0.3 is 0 Å². The van der Waals surface area contributed by atoms with Crippen molar-refractivity contribution in [1.29, 1.82) is 0 Å². The summed E-state index contributed by atoms with van der Waals surface area (Å²) in [5.41, 5.74) is 3.87. The largest absolute Gasteiger partial charge is 0.388 e. The highest BCUT2D eigenvalue weighted by Crippen LogP contribution is 2.32. The van der Waals surface area contributed by atoms with Crippen molar-refractivity contribution in [3.8, 4) is 11.3 Å². The number of piperidine rings is 1. The number of fused-ring (bicyclic) bond motifs is 1. The minimum Gasteiger partial charge on any atom is -0.388 e. The predicted molar refractivity (Wildman–Crippen MR) is 107 cm³/mol. The van der Waals surface area contributed by atoms with E-state index < -0.39 is 11.8 Å². The molecule has 1 aliphatic rings. The van der Waals surface area contributed by atoms with Crippen LogP contribution in [0.5, 0.6) is 0 Å². The zero-order valence-electron chi connectivity index (χ0n) is 15.5. The molecular formula is C20H22F2N6. The van der Waals surface area contributed by atoms with Gasteiger partial charge in [-0.15, -0.1) is 0 Å². The first-order valence-electron chi connectivity index (χ1n) is 9.29. The van der Waals surface area contributed by atoms with Crippen LogP contribution < -0.4 is 16.0 Å². The number of nitrogens with one attached hydrogen (secondary N) is 3. The van der Waals surface area contributed by atoms with Gasteiger partial charge in [0.05, 0.1) is 17.1 Å². The molecule has 8 heteroatoms. The lowest BCUT2D eigenvalue weighted by atomic mass is 9.95. The highest BCUT2D eigenvalue weighted by Gasteiger charge is 2.41. The summed E-state index contributed by atoms with van der Waals surface area (Å²) < 4.78 is 28.3. The van der Waals surface area contributed by atoms with E-state index in [0.717, 1.165) is 11.3 Å². The number of anilines is 2. The molecule has 1 aliphatic heterocycles. The maximum Gasteiger partial charge on any atom is 0.255 e. The van der Waals surface area contributed by atoms with Gasteiger partial charge in [-0.2, -0.15) is 0 Å². The Morgan fingerprint density at radius 2 is 1.96 bits per heavy atom. The number of rotatable bonds is 5. The van der Waals surface area contributed by atoms with E-state index in [0.29, 0.717) is 29.1 Å². The Bertz CT molecular complexity index is 961. The van der Waals surface area contributed by atoms with Crippen molar-refractivity contribution in [3.63, 3.8) is 0 Å². The second-order valence-corrected chi connectivity index (χ2v) is 6.90. The number of alkyl halides is 2. The molecule has 0 aliphatic carbocycles. The first-order valence-corrected chi connectivity index (χ1v) is 9.29. The lowest BCUT2D eigenvalue weighted by Crippen LogP contribution is -2.47. The van der Waals surface area contributed by atoms with Crippen molar-refractivity contribution in [2.45, 2.75) is 12.3 Å². The Balaban J connectivity index is 1.66. The minimum absolute atomic E-state index is 0.112. The smallest absolute Gasteiger partial charge is 0.255 e. The maximum absolute atomic E-state index is 14.2. The number of benzene rings is 1. The van der Waals surface area contributed by atoms with Crippen LogP contribution >= 0.6 is 0 Å². The van der Waals surface area contributed by atoms with E-state index in [1.807, 2.05) is 37.4 Å². The van der Waals surface area contributed by atoms with Crippen molar-refractivity contribution in [2.24, 2.45) is 5.92 Å². The average Bonchev–Trinajstić information content (AvgIpc) is 2.72. The summed E-state index contributed by atoms with van der Waals surface area (Å²) in [5, 5.41) is 9.22. The van der Waals surface area contributed by atoms with Gasteiger partial charge in [0.25, 0.3) is 5.92 Å². The molecule has 0 saturated carbocycles. The lowest BCUT2D eigenvalue weighted by molar-refractivity contribution is -0.0728. The topological polar surface area (TPSA) is 74.8 Å². The minimum atomic E-state index is -2.69. The quantitative estimate of drug-likeness (QED) is 0.626. The molecule has 2 aromatic heterocycles. The molecule has 1 saturated heterocycles. The molecule has 3 heterocycles. The zero-order chi connectivity index (χ0) is 19.6. The fourth-order valence-corrected chi connectivity index (χ4v) is 3.38. The fourth-order valence-electron chi connectivity index (χ4n) is 3.38. The van der Waals surface area contributed by atoms with Crippen LogP contribution in [0, 0.1) is 5.92 Å². The number of pyridine rings is 1.